The van der Waals surface area contributed by atoms with Crippen molar-refractivity contribution in [1.82, 2.24) is 9.29 Å². The minimum atomic E-state index is -3.77. The molecule has 0 spiro atoms. The topological polar surface area (TPSA) is 111 Å². The fourth-order valence-electron chi connectivity index (χ4n) is 1.42. The molecule has 0 bridgehead atoms. The highest BCUT2D eigenvalue weighted by Gasteiger charge is 2.23. The third-order valence-corrected chi connectivity index (χ3v) is 4.37. The highest BCUT2D eigenvalue weighted by Crippen LogP contribution is 2.15. The van der Waals surface area contributed by atoms with E-state index in [1.54, 1.807) is 13.0 Å². The van der Waals surface area contributed by atoms with Crippen molar-refractivity contribution in [3.8, 4) is 6.07 Å². The van der Waals surface area contributed by atoms with E-state index in [0.717, 1.165) is 10.5 Å². The summed E-state index contributed by atoms with van der Waals surface area (Å²) in [5.41, 5.74) is 0.118. The molecule has 0 saturated carbocycles. The second kappa shape index (κ2) is 6.26. The molecular weight excluding hydrogens is 270 g/mol. The first-order chi connectivity index (χ1) is 8.91. The van der Waals surface area contributed by atoms with Crippen molar-refractivity contribution in [1.29, 1.82) is 5.26 Å². The van der Waals surface area contributed by atoms with Crippen molar-refractivity contribution < 1.29 is 18.3 Å². The first-order valence-corrected chi connectivity index (χ1v) is 6.94. The first-order valence-electron chi connectivity index (χ1n) is 5.50. The number of nitriles is 1. The summed E-state index contributed by atoms with van der Waals surface area (Å²) in [6.07, 6.45) is 0.827. The number of hydrogen-bond acceptors (Lipinski definition) is 5. The Bertz CT molecular complexity index is 589. The van der Waals surface area contributed by atoms with Gasteiger partial charge in [-0.2, -0.15) is 9.57 Å². The van der Waals surface area contributed by atoms with Gasteiger partial charge in [-0.15, -0.1) is 0 Å². The lowest BCUT2D eigenvalue weighted by atomic mass is 10.4. The van der Waals surface area contributed by atoms with Gasteiger partial charge in [-0.25, -0.2) is 13.4 Å². The van der Waals surface area contributed by atoms with Crippen LogP contribution in [0.2, 0.25) is 0 Å². The molecule has 0 amide bonds. The molecule has 0 atom stereocenters. The summed E-state index contributed by atoms with van der Waals surface area (Å²) in [4.78, 5) is 14.1. The summed E-state index contributed by atoms with van der Waals surface area (Å²) < 4.78 is 25.4. The first kappa shape index (κ1) is 15.1. The highest BCUT2D eigenvalue weighted by atomic mass is 32.2. The van der Waals surface area contributed by atoms with E-state index in [0.29, 0.717) is 0 Å². The van der Waals surface area contributed by atoms with Crippen LogP contribution < -0.4 is 0 Å². The smallest absolute Gasteiger partial charge is 0.304 e. The van der Waals surface area contributed by atoms with Gasteiger partial charge in [0.15, 0.2) is 0 Å². The second-order valence-electron chi connectivity index (χ2n) is 3.63. The lowest BCUT2D eigenvalue weighted by Gasteiger charge is -2.19. The molecule has 1 aromatic rings. The van der Waals surface area contributed by atoms with Crippen LogP contribution in [0.4, 0.5) is 0 Å². The van der Waals surface area contributed by atoms with Gasteiger partial charge in [0.2, 0.25) is 10.0 Å². The van der Waals surface area contributed by atoms with Gasteiger partial charge in [-0.05, 0) is 12.1 Å². The molecule has 0 unspecified atom stereocenters. The maximum absolute atomic E-state index is 12.2. The molecule has 102 valence electrons. The molecule has 0 aliphatic heterocycles. The number of nitrogens with zero attached hydrogens (tertiary/aromatic N) is 3. The van der Waals surface area contributed by atoms with Crippen LogP contribution in [0.3, 0.4) is 0 Å². The zero-order valence-corrected chi connectivity index (χ0v) is 11.1. The Kier molecular flexibility index (Phi) is 4.97. The van der Waals surface area contributed by atoms with Crippen LogP contribution in [-0.2, 0) is 14.8 Å². The quantitative estimate of drug-likeness (QED) is 0.810. The van der Waals surface area contributed by atoms with Gasteiger partial charge in [0, 0.05) is 19.3 Å². The van der Waals surface area contributed by atoms with E-state index in [-0.39, 0.29) is 30.1 Å². The maximum Gasteiger partial charge on any atom is 0.304 e. The SMILES string of the molecule is CCN(CCC(=O)O)S(=O)(=O)c1ccc(C#N)nc1. The predicted molar refractivity (Wildman–Crippen MR) is 65.6 cm³/mol. The van der Waals surface area contributed by atoms with Gasteiger partial charge < -0.3 is 5.11 Å². The van der Waals surface area contributed by atoms with Gasteiger partial charge in [-0.1, -0.05) is 6.92 Å². The largest absolute Gasteiger partial charge is 0.481 e. The molecule has 1 aromatic heterocycles. The number of carbonyl (C=O) groups is 1. The summed E-state index contributed by atoms with van der Waals surface area (Å²) in [5, 5.41) is 17.2. The monoisotopic (exact) mass is 283 g/mol. The molecule has 0 saturated heterocycles. The Morgan fingerprint density at radius 2 is 2.21 bits per heavy atom. The van der Waals surface area contributed by atoms with Gasteiger partial charge >= 0.3 is 5.97 Å². The summed E-state index contributed by atoms with van der Waals surface area (Å²) in [7, 11) is -3.77. The number of aliphatic carboxylic acids is 1. The molecule has 1 rings (SSSR count). The number of carboxylic acids is 1. The number of aromatic nitrogens is 1. The Labute approximate surface area is 111 Å². The molecule has 1 N–H and O–H groups in total. The van der Waals surface area contributed by atoms with Gasteiger partial charge in [-0.3, -0.25) is 4.79 Å². The van der Waals surface area contributed by atoms with Crippen molar-refractivity contribution in [3.05, 3.63) is 24.0 Å². The standard InChI is InChI=1S/C11H13N3O4S/c1-2-14(6-5-11(15)16)19(17,18)10-4-3-9(7-12)13-8-10/h3-4,8H,2,5-6H2,1H3,(H,15,16). The highest BCUT2D eigenvalue weighted by molar-refractivity contribution is 7.89. The Balaban J connectivity index is 2.99. The normalized spacial score (nSPS) is 11.2. The number of carboxylic acid groups (broad SMARTS) is 1. The minimum Gasteiger partial charge on any atom is -0.481 e. The van der Waals surface area contributed by atoms with Crippen molar-refractivity contribution in [2.24, 2.45) is 0 Å². The molecular formula is C11H13N3O4S. The fraction of sp³-hybridized carbons (Fsp3) is 0.364. The van der Waals surface area contributed by atoms with Crippen molar-refractivity contribution in [3.63, 3.8) is 0 Å². The van der Waals surface area contributed by atoms with Gasteiger partial charge in [0.25, 0.3) is 0 Å². The molecule has 1 heterocycles. The minimum absolute atomic E-state index is 0.0567. The third kappa shape index (κ3) is 3.74. The number of pyridine rings is 1. The molecule has 0 aliphatic carbocycles. The summed E-state index contributed by atoms with van der Waals surface area (Å²) in [6, 6.07) is 4.38. The van der Waals surface area contributed by atoms with E-state index in [2.05, 4.69) is 4.98 Å². The van der Waals surface area contributed by atoms with E-state index < -0.39 is 16.0 Å². The summed E-state index contributed by atoms with van der Waals surface area (Å²) in [5.74, 6) is -1.06. The zero-order valence-electron chi connectivity index (χ0n) is 10.3. The lowest BCUT2D eigenvalue weighted by Crippen LogP contribution is -2.33. The van der Waals surface area contributed by atoms with Crippen molar-refractivity contribution in [2.75, 3.05) is 13.1 Å². The lowest BCUT2D eigenvalue weighted by molar-refractivity contribution is -0.137. The van der Waals surface area contributed by atoms with Crippen molar-refractivity contribution in [2.45, 2.75) is 18.2 Å². The number of rotatable bonds is 6. The molecule has 0 radical (unpaired) electrons. The van der Waals surface area contributed by atoms with E-state index in [9.17, 15) is 13.2 Å². The van der Waals surface area contributed by atoms with Crippen LogP contribution >= 0.6 is 0 Å². The molecule has 0 aliphatic rings. The molecule has 7 nitrogen and oxygen atoms in total. The van der Waals surface area contributed by atoms with Crippen LogP contribution in [0.5, 0.6) is 0 Å². The molecule has 0 fully saturated rings. The number of sulfonamides is 1. The van der Waals surface area contributed by atoms with E-state index in [1.165, 1.54) is 12.1 Å². The van der Waals surface area contributed by atoms with Gasteiger partial charge in [0.05, 0.1) is 6.42 Å². The van der Waals surface area contributed by atoms with E-state index in [1.807, 2.05) is 0 Å². The van der Waals surface area contributed by atoms with E-state index >= 15 is 0 Å². The van der Waals surface area contributed by atoms with Gasteiger partial charge in [0.1, 0.15) is 16.7 Å². The second-order valence-corrected chi connectivity index (χ2v) is 5.57. The molecule has 19 heavy (non-hydrogen) atoms. The molecule has 0 aromatic carbocycles. The summed E-state index contributed by atoms with van der Waals surface area (Å²) >= 11 is 0. The van der Waals surface area contributed by atoms with E-state index in [4.69, 9.17) is 10.4 Å². The fourth-order valence-corrected chi connectivity index (χ4v) is 2.81. The van der Waals surface area contributed by atoms with Crippen LogP contribution in [0, 0.1) is 11.3 Å². The summed E-state index contributed by atoms with van der Waals surface area (Å²) in [6.45, 7) is 1.68. The van der Waals surface area contributed by atoms with Crippen LogP contribution in [0.15, 0.2) is 23.2 Å². The third-order valence-electron chi connectivity index (χ3n) is 2.42. The zero-order chi connectivity index (χ0) is 14.5. The Morgan fingerprint density at radius 3 is 2.63 bits per heavy atom. The Morgan fingerprint density at radius 1 is 1.53 bits per heavy atom. The Hall–Kier alpha value is -1.98. The maximum atomic E-state index is 12.2. The average Bonchev–Trinajstić information content (AvgIpc) is 2.39. The van der Waals surface area contributed by atoms with Crippen LogP contribution in [0.25, 0.3) is 0 Å². The number of hydrogen-bond donors (Lipinski definition) is 1. The average molecular weight is 283 g/mol. The van der Waals surface area contributed by atoms with Crippen LogP contribution in [-0.4, -0.2) is 41.9 Å². The van der Waals surface area contributed by atoms with Crippen LogP contribution in [0.1, 0.15) is 19.0 Å². The molecule has 8 heteroatoms. The predicted octanol–water partition coefficient (Wildman–Crippen LogP) is 0.439. The van der Waals surface area contributed by atoms with Crippen molar-refractivity contribution >= 4 is 16.0 Å².